The molecule has 1 fully saturated rings. The predicted octanol–water partition coefficient (Wildman–Crippen LogP) is 1.97. The summed E-state index contributed by atoms with van der Waals surface area (Å²) in [4.78, 5) is 11.0. The Morgan fingerprint density at radius 1 is 1.39 bits per heavy atom. The average molecular weight is 256 g/mol. The van der Waals surface area contributed by atoms with Crippen molar-refractivity contribution in [1.82, 2.24) is 5.32 Å². The number of amides is 1. The van der Waals surface area contributed by atoms with Crippen molar-refractivity contribution in [3.63, 3.8) is 0 Å². The summed E-state index contributed by atoms with van der Waals surface area (Å²) in [6.45, 7) is 5.06. The number of hydrogen-bond acceptors (Lipinski definition) is 3. The molecule has 0 bridgehead atoms. The summed E-state index contributed by atoms with van der Waals surface area (Å²) in [7, 11) is 0. The lowest BCUT2D eigenvalue weighted by Crippen LogP contribution is -2.47. The van der Waals surface area contributed by atoms with E-state index in [1.54, 1.807) is 0 Å². The lowest BCUT2D eigenvalue weighted by Gasteiger charge is -2.31. The largest absolute Gasteiger partial charge is 0.367 e. The number of carbonyl (C=O) groups is 1. The minimum Gasteiger partial charge on any atom is -0.367 e. The standard InChI is InChI=1S/C14H28N2O2/c1-3-5-6-7-11(4-2)16-12-8-9-13(14(15)17)18-10-12/h11-13,16H,3-10H2,1-2H3,(H2,15,17). The van der Waals surface area contributed by atoms with Gasteiger partial charge >= 0.3 is 0 Å². The van der Waals surface area contributed by atoms with Gasteiger partial charge in [-0.15, -0.1) is 0 Å². The van der Waals surface area contributed by atoms with Crippen LogP contribution in [0.15, 0.2) is 0 Å². The van der Waals surface area contributed by atoms with E-state index in [1.165, 1.54) is 25.7 Å². The fourth-order valence-electron chi connectivity index (χ4n) is 2.49. The summed E-state index contributed by atoms with van der Waals surface area (Å²) in [6, 6.07) is 0.961. The van der Waals surface area contributed by atoms with Crippen molar-refractivity contribution in [3.05, 3.63) is 0 Å². The average Bonchev–Trinajstić information content (AvgIpc) is 2.38. The summed E-state index contributed by atoms with van der Waals surface area (Å²) in [5, 5.41) is 3.65. The van der Waals surface area contributed by atoms with Crippen LogP contribution in [0.25, 0.3) is 0 Å². The maximum absolute atomic E-state index is 11.0. The molecule has 0 radical (unpaired) electrons. The summed E-state index contributed by atoms with van der Waals surface area (Å²) < 4.78 is 5.49. The quantitative estimate of drug-likeness (QED) is 0.653. The van der Waals surface area contributed by atoms with E-state index in [4.69, 9.17) is 10.5 Å². The Balaban J connectivity index is 2.23. The molecule has 1 amide bonds. The van der Waals surface area contributed by atoms with Crippen molar-refractivity contribution < 1.29 is 9.53 Å². The van der Waals surface area contributed by atoms with Crippen LogP contribution in [0.4, 0.5) is 0 Å². The van der Waals surface area contributed by atoms with Gasteiger partial charge in [0.2, 0.25) is 5.91 Å². The molecule has 18 heavy (non-hydrogen) atoms. The van der Waals surface area contributed by atoms with Gasteiger partial charge in [0, 0.05) is 12.1 Å². The highest BCUT2D eigenvalue weighted by Gasteiger charge is 2.26. The second kappa shape index (κ2) is 8.48. The van der Waals surface area contributed by atoms with Gasteiger partial charge in [0.1, 0.15) is 6.10 Å². The topological polar surface area (TPSA) is 64.3 Å². The monoisotopic (exact) mass is 256 g/mol. The second-order valence-corrected chi connectivity index (χ2v) is 5.27. The summed E-state index contributed by atoms with van der Waals surface area (Å²) in [5.74, 6) is -0.330. The number of rotatable bonds is 8. The van der Waals surface area contributed by atoms with Crippen LogP contribution < -0.4 is 11.1 Å². The first kappa shape index (κ1) is 15.4. The van der Waals surface area contributed by atoms with Crippen molar-refractivity contribution in [2.75, 3.05) is 6.61 Å². The lowest BCUT2D eigenvalue weighted by molar-refractivity contribution is -0.133. The molecular formula is C14H28N2O2. The number of carbonyl (C=O) groups excluding carboxylic acids is 1. The smallest absolute Gasteiger partial charge is 0.246 e. The molecular weight excluding hydrogens is 228 g/mol. The van der Waals surface area contributed by atoms with Gasteiger partial charge in [0.25, 0.3) is 0 Å². The van der Waals surface area contributed by atoms with Crippen molar-refractivity contribution >= 4 is 5.91 Å². The maximum Gasteiger partial charge on any atom is 0.246 e. The Bertz CT molecular complexity index is 238. The Kier molecular flexibility index (Phi) is 7.28. The van der Waals surface area contributed by atoms with Gasteiger partial charge in [0.05, 0.1) is 6.61 Å². The fraction of sp³-hybridized carbons (Fsp3) is 0.929. The zero-order chi connectivity index (χ0) is 13.4. The summed E-state index contributed by atoms with van der Waals surface area (Å²) in [5.41, 5.74) is 5.24. The molecule has 0 aromatic rings. The highest BCUT2D eigenvalue weighted by atomic mass is 16.5. The molecule has 0 aliphatic carbocycles. The zero-order valence-electron chi connectivity index (χ0n) is 11.8. The second-order valence-electron chi connectivity index (χ2n) is 5.27. The highest BCUT2D eigenvalue weighted by Crippen LogP contribution is 2.15. The third-order valence-electron chi connectivity index (χ3n) is 3.71. The molecule has 3 atom stereocenters. The highest BCUT2D eigenvalue weighted by molar-refractivity contribution is 5.78. The minimum absolute atomic E-state index is 0.330. The first-order valence-electron chi connectivity index (χ1n) is 7.34. The minimum atomic E-state index is -0.372. The first-order valence-corrected chi connectivity index (χ1v) is 7.34. The number of hydrogen-bond donors (Lipinski definition) is 2. The molecule has 1 aliphatic rings. The van der Waals surface area contributed by atoms with Crippen LogP contribution in [0.3, 0.4) is 0 Å². The van der Waals surface area contributed by atoms with Crippen LogP contribution in [-0.4, -0.2) is 30.7 Å². The van der Waals surface area contributed by atoms with E-state index in [0.717, 1.165) is 19.3 Å². The van der Waals surface area contributed by atoms with Crippen molar-refractivity contribution in [2.24, 2.45) is 5.73 Å². The molecule has 3 unspecified atom stereocenters. The summed E-state index contributed by atoms with van der Waals surface area (Å²) >= 11 is 0. The predicted molar refractivity (Wildman–Crippen MR) is 73.3 cm³/mol. The Hall–Kier alpha value is -0.610. The van der Waals surface area contributed by atoms with Crippen LogP contribution in [-0.2, 0) is 9.53 Å². The Morgan fingerprint density at radius 2 is 2.17 bits per heavy atom. The van der Waals surface area contributed by atoms with Crippen molar-refractivity contribution in [1.29, 1.82) is 0 Å². The van der Waals surface area contributed by atoms with Gasteiger partial charge in [-0.05, 0) is 25.7 Å². The number of nitrogens with two attached hydrogens (primary N) is 1. The van der Waals surface area contributed by atoms with Crippen molar-refractivity contribution in [3.8, 4) is 0 Å². The van der Waals surface area contributed by atoms with Crippen LogP contribution >= 0.6 is 0 Å². The fourth-order valence-corrected chi connectivity index (χ4v) is 2.49. The van der Waals surface area contributed by atoms with E-state index < -0.39 is 0 Å². The van der Waals surface area contributed by atoms with Crippen molar-refractivity contribution in [2.45, 2.75) is 77.0 Å². The molecule has 106 valence electrons. The normalized spacial score (nSPS) is 25.9. The van der Waals surface area contributed by atoms with E-state index in [0.29, 0.717) is 18.7 Å². The number of ether oxygens (including phenoxy) is 1. The third-order valence-corrected chi connectivity index (χ3v) is 3.71. The van der Waals surface area contributed by atoms with E-state index >= 15 is 0 Å². The Labute approximate surface area is 111 Å². The molecule has 1 heterocycles. The molecule has 3 N–H and O–H groups in total. The molecule has 0 spiro atoms. The van der Waals surface area contributed by atoms with Crippen LogP contribution in [0, 0.1) is 0 Å². The van der Waals surface area contributed by atoms with E-state index in [-0.39, 0.29) is 12.0 Å². The maximum atomic E-state index is 11.0. The molecule has 1 rings (SSSR count). The molecule has 0 aromatic carbocycles. The number of primary amides is 1. The van der Waals surface area contributed by atoms with Gasteiger partial charge in [-0.1, -0.05) is 33.1 Å². The third kappa shape index (κ3) is 5.36. The first-order chi connectivity index (χ1) is 8.67. The van der Waals surface area contributed by atoms with E-state index in [1.807, 2.05) is 0 Å². The number of unbranched alkanes of at least 4 members (excludes halogenated alkanes) is 2. The van der Waals surface area contributed by atoms with Crippen LogP contribution in [0.5, 0.6) is 0 Å². The molecule has 4 heteroatoms. The molecule has 4 nitrogen and oxygen atoms in total. The van der Waals surface area contributed by atoms with Crippen LogP contribution in [0.2, 0.25) is 0 Å². The summed E-state index contributed by atoms with van der Waals surface area (Å²) in [6.07, 6.45) is 7.62. The SMILES string of the molecule is CCCCCC(CC)NC1CCC(C(N)=O)OC1. The van der Waals surface area contributed by atoms with Gasteiger partial charge in [0.15, 0.2) is 0 Å². The van der Waals surface area contributed by atoms with Crippen LogP contribution in [0.1, 0.15) is 58.8 Å². The van der Waals surface area contributed by atoms with E-state index in [2.05, 4.69) is 19.2 Å². The Morgan fingerprint density at radius 3 is 2.67 bits per heavy atom. The van der Waals surface area contributed by atoms with Gasteiger partial charge in [-0.2, -0.15) is 0 Å². The number of nitrogens with one attached hydrogen (secondary N) is 1. The van der Waals surface area contributed by atoms with E-state index in [9.17, 15) is 4.79 Å². The van der Waals surface area contributed by atoms with Gasteiger partial charge in [-0.25, -0.2) is 0 Å². The van der Waals surface area contributed by atoms with Gasteiger partial charge < -0.3 is 15.8 Å². The van der Waals surface area contributed by atoms with Gasteiger partial charge in [-0.3, -0.25) is 4.79 Å². The lowest BCUT2D eigenvalue weighted by atomic mass is 10.0. The zero-order valence-corrected chi connectivity index (χ0v) is 11.8. The molecule has 0 saturated carbocycles. The molecule has 0 aromatic heterocycles. The molecule has 1 saturated heterocycles. The molecule has 1 aliphatic heterocycles.